The highest BCUT2D eigenvalue weighted by molar-refractivity contribution is 7.99. The first kappa shape index (κ1) is 12.1. The lowest BCUT2D eigenvalue weighted by atomic mass is 10.0. The Morgan fingerprint density at radius 1 is 1.50 bits per heavy atom. The Labute approximate surface area is 98.3 Å². The van der Waals surface area contributed by atoms with Crippen LogP contribution in [-0.2, 0) is 4.79 Å². The third-order valence-corrected chi connectivity index (χ3v) is 4.59. The second-order valence-corrected chi connectivity index (χ2v) is 6.05. The monoisotopic (exact) mass is 249 g/mol. The number of carbonyl (C=O) groups is 1. The fourth-order valence-corrected chi connectivity index (χ4v) is 3.19. The van der Waals surface area contributed by atoms with Crippen molar-refractivity contribution in [3.63, 3.8) is 0 Å². The summed E-state index contributed by atoms with van der Waals surface area (Å²) < 4.78 is 25.2. The molecule has 0 saturated heterocycles. The lowest BCUT2D eigenvalue weighted by Crippen LogP contribution is -2.26. The lowest BCUT2D eigenvalue weighted by Gasteiger charge is -2.11. The molecule has 0 radical (unpaired) electrons. The molecule has 0 aliphatic heterocycles. The number of hydrogen-bond donors (Lipinski definition) is 1. The number of hydrogen-bond acceptors (Lipinski definition) is 2. The van der Waals surface area contributed by atoms with Gasteiger partial charge in [-0.25, -0.2) is 8.78 Å². The maximum Gasteiger partial charge on any atom is 0.252 e. The quantitative estimate of drug-likeness (QED) is 0.752. The van der Waals surface area contributed by atoms with Crippen LogP contribution in [0, 0.1) is 17.8 Å². The second-order valence-electron chi connectivity index (χ2n) is 4.98. The van der Waals surface area contributed by atoms with E-state index in [1.807, 2.05) is 0 Å². The van der Waals surface area contributed by atoms with E-state index >= 15 is 0 Å². The smallest absolute Gasteiger partial charge is 0.252 e. The van der Waals surface area contributed by atoms with E-state index in [-0.39, 0.29) is 18.2 Å². The van der Waals surface area contributed by atoms with Gasteiger partial charge in [0.1, 0.15) is 0 Å². The minimum absolute atomic E-state index is 0.0177. The van der Waals surface area contributed by atoms with Crippen molar-refractivity contribution in [1.29, 1.82) is 0 Å². The molecule has 0 aromatic carbocycles. The Hall–Kier alpha value is -0.320. The molecule has 2 rings (SSSR count). The zero-order chi connectivity index (χ0) is 11.8. The fourth-order valence-electron chi connectivity index (χ4n) is 1.83. The largest absolute Gasteiger partial charge is 0.369 e. The van der Waals surface area contributed by atoms with E-state index in [2.05, 4.69) is 0 Å². The van der Waals surface area contributed by atoms with Gasteiger partial charge in [0.25, 0.3) is 5.92 Å². The van der Waals surface area contributed by atoms with Crippen molar-refractivity contribution in [3.05, 3.63) is 0 Å². The minimum Gasteiger partial charge on any atom is -0.369 e. The standard InChI is InChI=1S/C11H17F2NOS/c12-11(13)4-9(11)6-16-5-8(10(14)15)3-7-1-2-7/h7-9H,1-6H2,(H2,14,15). The van der Waals surface area contributed by atoms with Crippen LogP contribution in [0.3, 0.4) is 0 Å². The lowest BCUT2D eigenvalue weighted by molar-refractivity contribution is -0.121. The van der Waals surface area contributed by atoms with Crippen LogP contribution in [0.5, 0.6) is 0 Å². The SMILES string of the molecule is NC(=O)C(CSCC1CC1(F)F)CC1CC1. The molecule has 2 atom stereocenters. The molecule has 16 heavy (non-hydrogen) atoms. The zero-order valence-electron chi connectivity index (χ0n) is 9.12. The Bertz CT molecular complexity index is 281. The minimum atomic E-state index is -2.44. The molecule has 2 nitrogen and oxygen atoms in total. The molecule has 2 saturated carbocycles. The molecule has 0 spiro atoms. The number of nitrogens with two attached hydrogens (primary N) is 1. The van der Waals surface area contributed by atoms with Gasteiger partial charge in [-0.3, -0.25) is 4.79 Å². The van der Waals surface area contributed by atoms with E-state index in [0.717, 1.165) is 6.42 Å². The number of rotatable bonds is 7. The predicted molar refractivity (Wildman–Crippen MR) is 60.4 cm³/mol. The van der Waals surface area contributed by atoms with Crippen molar-refractivity contribution in [2.75, 3.05) is 11.5 Å². The first-order valence-corrected chi connectivity index (χ1v) is 6.89. The Morgan fingerprint density at radius 3 is 2.56 bits per heavy atom. The number of thioether (sulfide) groups is 1. The Morgan fingerprint density at radius 2 is 2.12 bits per heavy atom. The molecule has 2 aliphatic rings. The van der Waals surface area contributed by atoms with Gasteiger partial charge < -0.3 is 5.73 Å². The van der Waals surface area contributed by atoms with Gasteiger partial charge in [0, 0.05) is 29.8 Å². The molecular formula is C11H17F2NOS. The van der Waals surface area contributed by atoms with Crippen molar-refractivity contribution >= 4 is 17.7 Å². The molecule has 0 aromatic rings. The van der Waals surface area contributed by atoms with Crippen LogP contribution in [0.4, 0.5) is 8.78 Å². The van der Waals surface area contributed by atoms with E-state index in [0.29, 0.717) is 17.4 Å². The maximum absolute atomic E-state index is 12.6. The molecule has 0 heterocycles. The van der Waals surface area contributed by atoms with Crippen LogP contribution in [-0.4, -0.2) is 23.3 Å². The fraction of sp³-hybridized carbons (Fsp3) is 0.909. The van der Waals surface area contributed by atoms with Crippen molar-refractivity contribution in [1.82, 2.24) is 0 Å². The van der Waals surface area contributed by atoms with Gasteiger partial charge in [-0.2, -0.15) is 11.8 Å². The Balaban J connectivity index is 1.63. The van der Waals surface area contributed by atoms with Crippen molar-refractivity contribution in [3.8, 4) is 0 Å². The first-order chi connectivity index (χ1) is 7.49. The van der Waals surface area contributed by atoms with Crippen LogP contribution in [0.15, 0.2) is 0 Å². The molecular weight excluding hydrogens is 232 g/mol. The number of amides is 1. The summed E-state index contributed by atoms with van der Waals surface area (Å²) in [6, 6.07) is 0. The normalized spacial score (nSPS) is 28.8. The van der Waals surface area contributed by atoms with Crippen LogP contribution in [0.25, 0.3) is 0 Å². The summed E-state index contributed by atoms with van der Waals surface area (Å²) in [7, 11) is 0. The summed E-state index contributed by atoms with van der Waals surface area (Å²) in [5.74, 6) is -1.58. The van der Waals surface area contributed by atoms with Gasteiger partial charge in [-0.15, -0.1) is 0 Å². The second kappa shape index (κ2) is 4.51. The molecule has 5 heteroatoms. The van der Waals surface area contributed by atoms with Gasteiger partial charge in [0.2, 0.25) is 5.91 Å². The third kappa shape index (κ3) is 3.34. The molecule has 2 fully saturated rings. The number of primary amides is 1. The van der Waals surface area contributed by atoms with Crippen LogP contribution < -0.4 is 5.73 Å². The van der Waals surface area contributed by atoms with Gasteiger partial charge in [-0.1, -0.05) is 12.8 Å². The molecule has 92 valence electrons. The van der Waals surface area contributed by atoms with E-state index < -0.39 is 11.8 Å². The molecule has 2 aliphatic carbocycles. The van der Waals surface area contributed by atoms with Gasteiger partial charge >= 0.3 is 0 Å². The summed E-state index contributed by atoms with van der Waals surface area (Å²) in [5.41, 5.74) is 5.30. The first-order valence-electron chi connectivity index (χ1n) is 5.74. The van der Waals surface area contributed by atoms with Crippen LogP contribution in [0.1, 0.15) is 25.7 Å². The third-order valence-electron chi connectivity index (χ3n) is 3.31. The topological polar surface area (TPSA) is 43.1 Å². The zero-order valence-corrected chi connectivity index (χ0v) is 9.94. The highest BCUT2D eigenvalue weighted by Crippen LogP contribution is 2.50. The van der Waals surface area contributed by atoms with Crippen molar-refractivity contribution in [2.24, 2.45) is 23.5 Å². The van der Waals surface area contributed by atoms with Crippen molar-refractivity contribution < 1.29 is 13.6 Å². The average molecular weight is 249 g/mol. The summed E-state index contributed by atoms with van der Waals surface area (Å²) in [6.07, 6.45) is 3.25. The highest BCUT2D eigenvalue weighted by Gasteiger charge is 2.56. The molecule has 0 bridgehead atoms. The molecule has 0 aromatic heterocycles. The predicted octanol–water partition coefficient (Wildman–Crippen LogP) is 2.28. The average Bonchev–Trinajstić information content (AvgIpc) is 3.05. The number of alkyl halides is 2. The Kier molecular flexibility index (Phi) is 3.42. The van der Waals surface area contributed by atoms with E-state index in [1.165, 1.54) is 24.6 Å². The maximum atomic E-state index is 12.6. The highest BCUT2D eigenvalue weighted by atomic mass is 32.2. The van der Waals surface area contributed by atoms with E-state index in [9.17, 15) is 13.6 Å². The molecule has 2 unspecified atom stereocenters. The summed E-state index contributed by atoms with van der Waals surface area (Å²) in [5, 5.41) is 0. The van der Waals surface area contributed by atoms with Crippen LogP contribution in [0.2, 0.25) is 0 Å². The molecule has 1 amide bonds. The van der Waals surface area contributed by atoms with Gasteiger partial charge in [-0.05, 0) is 12.3 Å². The summed E-state index contributed by atoms with van der Waals surface area (Å²) in [6.45, 7) is 0. The van der Waals surface area contributed by atoms with Gasteiger partial charge in [0.05, 0.1) is 0 Å². The van der Waals surface area contributed by atoms with E-state index in [4.69, 9.17) is 5.73 Å². The van der Waals surface area contributed by atoms with Gasteiger partial charge in [0.15, 0.2) is 0 Å². The van der Waals surface area contributed by atoms with Crippen LogP contribution >= 0.6 is 11.8 Å². The summed E-state index contributed by atoms with van der Waals surface area (Å²) in [4.78, 5) is 11.1. The summed E-state index contributed by atoms with van der Waals surface area (Å²) >= 11 is 1.45. The number of halogens is 2. The van der Waals surface area contributed by atoms with E-state index in [1.54, 1.807) is 0 Å². The van der Waals surface area contributed by atoms with Crippen molar-refractivity contribution in [2.45, 2.75) is 31.6 Å². The molecule has 2 N–H and O–H groups in total. The number of carbonyl (C=O) groups excluding carboxylic acids is 1.